The van der Waals surface area contributed by atoms with Gasteiger partial charge in [0.2, 0.25) is 5.91 Å². The van der Waals surface area contributed by atoms with Crippen LogP contribution in [0.3, 0.4) is 0 Å². The van der Waals surface area contributed by atoms with Gasteiger partial charge >= 0.3 is 0 Å². The number of amides is 2. The van der Waals surface area contributed by atoms with Crippen molar-refractivity contribution in [3.63, 3.8) is 0 Å². The number of furan rings is 1. The van der Waals surface area contributed by atoms with Crippen LogP contribution in [0.1, 0.15) is 42.3 Å². The molecule has 1 unspecified atom stereocenters. The number of hydrogen-bond donors (Lipinski definition) is 0. The third kappa shape index (κ3) is 6.25. The SMILES string of the molecule is Cc1ccc(-c2nnc(SCCCCC(=O)N3CCN(C(=O)c4ccco4)C(C)C3)n2-c2ccccc2)cc1. The highest BCUT2D eigenvalue weighted by Crippen LogP contribution is 2.29. The van der Waals surface area contributed by atoms with Crippen molar-refractivity contribution in [1.82, 2.24) is 24.6 Å². The van der Waals surface area contributed by atoms with Crippen LogP contribution in [0.4, 0.5) is 0 Å². The van der Waals surface area contributed by atoms with E-state index in [1.54, 1.807) is 28.8 Å². The van der Waals surface area contributed by atoms with Gasteiger partial charge in [-0.2, -0.15) is 0 Å². The van der Waals surface area contributed by atoms with Crippen LogP contribution in [0.5, 0.6) is 0 Å². The van der Waals surface area contributed by atoms with Gasteiger partial charge in [0, 0.05) is 49.1 Å². The Morgan fingerprint density at radius 3 is 2.49 bits per heavy atom. The summed E-state index contributed by atoms with van der Waals surface area (Å²) in [6, 6.07) is 21.8. The maximum absolute atomic E-state index is 12.9. The summed E-state index contributed by atoms with van der Waals surface area (Å²) in [5, 5.41) is 9.87. The van der Waals surface area contributed by atoms with Crippen molar-refractivity contribution < 1.29 is 14.0 Å². The Morgan fingerprint density at radius 1 is 0.974 bits per heavy atom. The summed E-state index contributed by atoms with van der Waals surface area (Å²) in [4.78, 5) is 29.2. The topological polar surface area (TPSA) is 84.5 Å². The molecule has 1 aliphatic rings. The number of hydrogen-bond acceptors (Lipinski definition) is 6. The summed E-state index contributed by atoms with van der Waals surface area (Å²) in [6.07, 6.45) is 3.70. The van der Waals surface area contributed by atoms with Crippen molar-refractivity contribution in [1.29, 1.82) is 0 Å². The van der Waals surface area contributed by atoms with Crippen LogP contribution in [-0.2, 0) is 4.79 Å². The van der Waals surface area contributed by atoms with Crippen LogP contribution in [0.2, 0.25) is 0 Å². The minimum atomic E-state index is -0.120. The first kappa shape index (κ1) is 26.7. The number of carbonyl (C=O) groups excluding carboxylic acids is 2. The van der Waals surface area contributed by atoms with Crippen molar-refractivity contribution in [3.8, 4) is 17.1 Å². The molecule has 3 heterocycles. The molecule has 1 fully saturated rings. The van der Waals surface area contributed by atoms with E-state index < -0.39 is 0 Å². The zero-order valence-electron chi connectivity index (χ0n) is 22.3. The predicted octanol–water partition coefficient (Wildman–Crippen LogP) is 5.47. The van der Waals surface area contributed by atoms with E-state index in [0.29, 0.717) is 31.8 Å². The number of unbranched alkanes of at least 4 members (excludes halogenated alkanes) is 1. The molecule has 4 aromatic rings. The van der Waals surface area contributed by atoms with Gasteiger partial charge in [-0.05, 0) is 51.0 Å². The van der Waals surface area contributed by atoms with Gasteiger partial charge in [0.1, 0.15) is 0 Å². The Hall–Kier alpha value is -3.85. The summed E-state index contributed by atoms with van der Waals surface area (Å²) in [6.45, 7) is 5.65. The molecule has 8 nitrogen and oxygen atoms in total. The number of para-hydroxylation sites is 1. The summed E-state index contributed by atoms with van der Waals surface area (Å²) in [5.41, 5.74) is 3.25. The Kier molecular flexibility index (Phi) is 8.46. The molecule has 1 atom stereocenters. The van der Waals surface area contributed by atoms with Gasteiger partial charge in [0.25, 0.3) is 5.91 Å². The van der Waals surface area contributed by atoms with E-state index in [0.717, 1.165) is 40.8 Å². The molecule has 0 aliphatic carbocycles. The van der Waals surface area contributed by atoms with E-state index in [2.05, 4.69) is 58.1 Å². The zero-order valence-corrected chi connectivity index (χ0v) is 23.1. The zero-order chi connectivity index (χ0) is 27.2. The maximum atomic E-state index is 12.9. The first-order chi connectivity index (χ1) is 19.0. The standard InChI is InChI=1S/C30H33N5O3S/c1-22-13-15-24(16-14-22)28-31-32-30(35(28)25-9-4-3-5-10-25)39-20-7-6-12-27(36)33-17-18-34(23(2)21-33)29(37)26-11-8-19-38-26/h3-5,8-11,13-16,19,23H,6-7,12,17-18,20-21H2,1-2H3. The number of nitrogens with zero attached hydrogens (tertiary/aromatic N) is 5. The largest absolute Gasteiger partial charge is 0.459 e. The molecular formula is C30H33N5O3S. The van der Waals surface area contributed by atoms with Gasteiger partial charge in [0.05, 0.1) is 6.26 Å². The Morgan fingerprint density at radius 2 is 1.77 bits per heavy atom. The van der Waals surface area contributed by atoms with Gasteiger partial charge in [-0.25, -0.2) is 0 Å². The summed E-state index contributed by atoms with van der Waals surface area (Å²) in [7, 11) is 0. The predicted molar refractivity (Wildman–Crippen MR) is 152 cm³/mol. The fraction of sp³-hybridized carbons (Fsp3) is 0.333. The average Bonchev–Trinajstić information content (AvgIpc) is 3.64. The number of benzene rings is 2. The lowest BCUT2D eigenvalue weighted by Crippen LogP contribution is -2.55. The molecule has 1 saturated heterocycles. The van der Waals surface area contributed by atoms with Crippen molar-refractivity contribution in [2.24, 2.45) is 0 Å². The van der Waals surface area contributed by atoms with Gasteiger partial charge in [-0.15, -0.1) is 10.2 Å². The second-order valence-electron chi connectivity index (χ2n) is 9.81. The molecule has 1 aliphatic heterocycles. The summed E-state index contributed by atoms with van der Waals surface area (Å²) in [5.74, 6) is 2.02. The lowest BCUT2D eigenvalue weighted by Gasteiger charge is -2.39. The number of rotatable bonds is 9. The van der Waals surface area contributed by atoms with Crippen LogP contribution < -0.4 is 0 Å². The maximum Gasteiger partial charge on any atom is 0.289 e. The molecule has 0 bridgehead atoms. The quantitative estimate of drug-likeness (QED) is 0.206. The van der Waals surface area contributed by atoms with Crippen molar-refractivity contribution in [2.75, 3.05) is 25.4 Å². The highest BCUT2D eigenvalue weighted by Gasteiger charge is 2.31. The lowest BCUT2D eigenvalue weighted by atomic mass is 10.1. The van der Waals surface area contributed by atoms with Crippen molar-refractivity contribution >= 4 is 23.6 Å². The molecule has 202 valence electrons. The van der Waals surface area contributed by atoms with Gasteiger partial charge in [0.15, 0.2) is 16.7 Å². The molecule has 39 heavy (non-hydrogen) atoms. The average molecular weight is 544 g/mol. The number of carbonyl (C=O) groups is 2. The molecule has 0 radical (unpaired) electrons. The molecule has 0 saturated carbocycles. The highest BCUT2D eigenvalue weighted by atomic mass is 32.2. The number of aryl methyl sites for hydroxylation is 1. The molecule has 2 aromatic heterocycles. The van der Waals surface area contributed by atoms with Crippen LogP contribution in [-0.4, -0.2) is 67.8 Å². The first-order valence-corrected chi connectivity index (χ1v) is 14.3. The smallest absolute Gasteiger partial charge is 0.289 e. The molecular weight excluding hydrogens is 510 g/mol. The fourth-order valence-electron chi connectivity index (χ4n) is 4.79. The second-order valence-corrected chi connectivity index (χ2v) is 10.9. The monoisotopic (exact) mass is 543 g/mol. The van der Waals surface area contributed by atoms with Gasteiger partial charge in [-0.3, -0.25) is 14.2 Å². The van der Waals surface area contributed by atoms with E-state index >= 15 is 0 Å². The number of thioether (sulfide) groups is 1. The molecule has 0 spiro atoms. The van der Waals surface area contributed by atoms with Crippen molar-refractivity contribution in [2.45, 2.75) is 44.3 Å². The Labute approximate surface area is 233 Å². The molecule has 2 amide bonds. The second kappa shape index (κ2) is 12.3. The molecule has 0 N–H and O–H groups in total. The number of aromatic nitrogens is 3. The van der Waals surface area contributed by atoms with E-state index in [4.69, 9.17) is 4.42 Å². The van der Waals surface area contributed by atoms with Crippen LogP contribution in [0.15, 0.2) is 82.6 Å². The van der Waals surface area contributed by atoms with Crippen LogP contribution in [0.25, 0.3) is 17.1 Å². The van der Waals surface area contributed by atoms with Crippen LogP contribution in [0, 0.1) is 6.92 Å². The lowest BCUT2D eigenvalue weighted by molar-refractivity contribution is -0.133. The van der Waals surface area contributed by atoms with Gasteiger partial charge in [-0.1, -0.05) is 59.8 Å². The normalized spacial score (nSPS) is 15.5. The summed E-state index contributed by atoms with van der Waals surface area (Å²) >= 11 is 1.66. The minimum Gasteiger partial charge on any atom is -0.459 e. The molecule has 5 rings (SSSR count). The fourth-order valence-corrected chi connectivity index (χ4v) is 5.74. The first-order valence-electron chi connectivity index (χ1n) is 13.3. The third-order valence-corrected chi connectivity index (χ3v) is 7.96. The third-order valence-electron chi connectivity index (χ3n) is 6.95. The van der Waals surface area contributed by atoms with E-state index in [1.165, 1.54) is 11.8 Å². The molecule has 2 aromatic carbocycles. The highest BCUT2D eigenvalue weighted by molar-refractivity contribution is 7.99. The minimum absolute atomic E-state index is 0.0528. The van der Waals surface area contributed by atoms with Crippen molar-refractivity contribution in [3.05, 3.63) is 84.3 Å². The van der Waals surface area contributed by atoms with E-state index in [-0.39, 0.29) is 17.9 Å². The van der Waals surface area contributed by atoms with E-state index in [9.17, 15) is 9.59 Å². The van der Waals surface area contributed by atoms with Crippen LogP contribution >= 0.6 is 11.8 Å². The van der Waals surface area contributed by atoms with E-state index in [1.807, 2.05) is 30.0 Å². The number of piperazine rings is 1. The summed E-state index contributed by atoms with van der Waals surface area (Å²) < 4.78 is 7.36. The van der Waals surface area contributed by atoms with Gasteiger partial charge < -0.3 is 14.2 Å². The Balaban J connectivity index is 1.13. The molecule has 9 heteroatoms. The Bertz CT molecular complexity index is 1390.